The van der Waals surface area contributed by atoms with Crippen molar-refractivity contribution in [3.05, 3.63) is 29.3 Å². The first-order valence-electron chi connectivity index (χ1n) is 6.53. The summed E-state index contributed by atoms with van der Waals surface area (Å²) in [7, 11) is 1.65. The van der Waals surface area contributed by atoms with Gasteiger partial charge in [0.1, 0.15) is 5.75 Å². The molecule has 0 fully saturated rings. The fraction of sp³-hybridized carbons (Fsp3) is 0.533. The highest BCUT2D eigenvalue weighted by Crippen LogP contribution is 2.30. The number of hydrogen-bond acceptors (Lipinski definition) is 3. The number of ether oxygens (including phenoxy) is 1. The largest absolute Gasteiger partial charge is 0.496 e. The molecule has 4 heteroatoms. The van der Waals surface area contributed by atoms with E-state index >= 15 is 0 Å². The van der Waals surface area contributed by atoms with E-state index in [4.69, 9.17) is 15.6 Å². The molecule has 0 aliphatic rings. The molecule has 0 aliphatic heterocycles. The highest BCUT2D eigenvalue weighted by Gasteiger charge is 2.18. The monoisotopic (exact) mass is 265 g/mol. The van der Waals surface area contributed by atoms with Gasteiger partial charge in [-0.3, -0.25) is 4.79 Å². The van der Waals surface area contributed by atoms with Crippen LogP contribution in [0.5, 0.6) is 5.75 Å². The number of nitrogens with two attached hydrogens (primary N) is 1. The second-order valence-electron chi connectivity index (χ2n) is 5.24. The van der Waals surface area contributed by atoms with E-state index in [9.17, 15) is 4.79 Å². The normalized spacial score (nSPS) is 14.2. The number of carbonyl (C=O) groups is 1. The van der Waals surface area contributed by atoms with Crippen LogP contribution in [0.25, 0.3) is 0 Å². The molecule has 0 radical (unpaired) electrons. The summed E-state index contributed by atoms with van der Waals surface area (Å²) in [6.07, 6.45) is 0.430. The Morgan fingerprint density at radius 3 is 2.47 bits per heavy atom. The molecule has 0 aromatic heterocycles. The Kier molecular flexibility index (Phi) is 5.36. The fourth-order valence-corrected chi connectivity index (χ4v) is 2.05. The van der Waals surface area contributed by atoms with Gasteiger partial charge in [-0.1, -0.05) is 32.9 Å². The Labute approximate surface area is 114 Å². The molecule has 0 bridgehead atoms. The van der Waals surface area contributed by atoms with Crippen LogP contribution in [-0.4, -0.2) is 18.2 Å². The smallest absolute Gasteiger partial charge is 0.306 e. The topological polar surface area (TPSA) is 72.5 Å². The van der Waals surface area contributed by atoms with Crippen LogP contribution in [0.15, 0.2) is 18.2 Å². The third kappa shape index (κ3) is 3.96. The lowest BCUT2D eigenvalue weighted by molar-refractivity contribution is -0.141. The van der Waals surface area contributed by atoms with E-state index in [0.717, 1.165) is 16.9 Å². The van der Waals surface area contributed by atoms with Crippen LogP contribution in [0.4, 0.5) is 0 Å². The average Bonchev–Trinajstić information content (AvgIpc) is 2.37. The van der Waals surface area contributed by atoms with Gasteiger partial charge in [0.15, 0.2) is 0 Å². The van der Waals surface area contributed by atoms with Crippen molar-refractivity contribution in [2.75, 3.05) is 7.11 Å². The molecule has 2 unspecified atom stereocenters. The van der Waals surface area contributed by atoms with Crippen LogP contribution in [0.1, 0.15) is 50.3 Å². The highest BCUT2D eigenvalue weighted by molar-refractivity contribution is 5.69. The summed E-state index contributed by atoms with van der Waals surface area (Å²) >= 11 is 0. The molecule has 0 aliphatic carbocycles. The number of hydrogen-bond donors (Lipinski definition) is 2. The molecule has 4 nitrogen and oxygen atoms in total. The van der Waals surface area contributed by atoms with Crippen LogP contribution in [0, 0.1) is 5.92 Å². The standard InChI is InChI=1S/C15H23NO3/c1-9(2)12-8-11(5-6-14(12)19-4)13(16)7-10(3)15(17)18/h5-6,8-10,13H,7,16H2,1-4H3,(H,17,18). The molecule has 0 spiro atoms. The Hall–Kier alpha value is -1.55. The van der Waals surface area contributed by atoms with Crippen molar-refractivity contribution in [2.24, 2.45) is 11.7 Å². The summed E-state index contributed by atoms with van der Waals surface area (Å²) in [5.74, 6) is -0.0797. The van der Waals surface area contributed by atoms with Crippen LogP contribution < -0.4 is 10.5 Å². The van der Waals surface area contributed by atoms with Crippen LogP contribution in [-0.2, 0) is 4.79 Å². The molecule has 0 heterocycles. The maximum Gasteiger partial charge on any atom is 0.306 e. The molecule has 19 heavy (non-hydrogen) atoms. The van der Waals surface area contributed by atoms with Crippen molar-refractivity contribution >= 4 is 5.97 Å². The Morgan fingerprint density at radius 1 is 1.37 bits per heavy atom. The lowest BCUT2D eigenvalue weighted by Gasteiger charge is -2.18. The van der Waals surface area contributed by atoms with Gasteiger partial charge in [0.25, 0.3) is 0 Å². The van der Waals surface area contributed by atoms with Crippen LogP contribution in [0.3, 0.4) is 0 Å². The number of rotatable bonds is 6. The summed E-state index contributed by atoms with van der Waals surface area (Å²) in [5, 5.41) is 8.93. The Morgan fingerprint density at radius 2 is 2.00 bits per heavy atom. The molecule has 3 N–H and O–H groups in total. The third-order valence-electron chi connectivity index (χ3n) is 3.33. The summed E-state index contributed by atoms with van der Waals surface area (Å²) in [4.78, 5) is 10.9. The van der Waals surface area contributed by atoms with E-state index in [2.05, 4.69) is 13.8 Å². The zero-order valence-electron chi connectivity index (χ0n) is 12.0. The zero-order valence-corrected chi connectivity index (χ0v) is 12.0. The molecular weight excluding hydrogens is 242 g/mol. The molecule has 1 aromatic rings. The number of carboxylic acids is 1. The predicted molar refractivity (Wildman–Crippen MR) is 75.4 cm³/mol. The van der Waals surface area contributed by atoms with Gasteiger partial charge in [0, 0.05) is 6.04 Å². The van der Waals surface area contributed by atoms with Crippen molar-refractivity contribution in [3.8, 4) is 5.75 Å². The first kappa shape index (κ1) is 15.5. The highest BCUT2D eigenvalue weighted by atomic mass is 16.5. The Balaban J connectivity index is 2.95. The lowest BCUT2D eigenvalue weighted by Crippen LogP contribution is -2.19. The maximum atomic E-state index is 10.9. The van der Waals surface area contributed by atoms with Gasteiger partial charge < -0.3 is 15.6 Å². The van der Waals surface area contributed by atoms with Crippen molar-refractivity contribution in [1.29, 1.82) is 0 Å². The first-order valence-corrected chi connectivity index (χ1v) is 6.53. The average molecular weight is 265 g/mol. The van der Waals surface area contributed by atoms with Gasteiger partial charge in [0.2, 0.25) is 0 Å². The molecule has 0 amide bonds. The van der Waals surface area contributed by atoms with Crippen molar-refractivity contribution < 1.29 is 14.6 Å². The minimum atomic E-state index is -0.812. The SMILES string of the molecule is COc1ccc(C(N)CC(C)C(=O)O)cc1C(C)C. The molecule has 1 aromatic carbocycles. The second kappa shape index (κ2) is 6.57. The number of benzene rings is 1. The summed E-state index contributed by atoms with van der Waals surface area (Å²) in [6.45, 7) is 5.86. The zero-order chi connectivity index (χ0) is 14.6. The van der Waals surface area contributed by atoms with Gasteiger partial charge >= 0.3 is 5.97 Å². The molecular formula is C15H23NO3. The summed E-state index contributed by atoms with van der Waals surface area (Å²) < 4.78 is 5.33. The molecule has 106 valence electrons. The van der Waals surface area contributed by atoms with E-state index in [1.165, 1.54) is 0 Å². The lowest BCUT2D eigenvalue weighted by atomic mass is 9.92. The van der Waals surface area contributed by atoms with Crippen molar-refractivity contribution in [3.63, 3.8) is 0 Å². The van der Waals surface area contributed by atoms with E-state index in [0.29, 0.717) is 12.3 Å². The van der Waals surface area contributed by atoms with E-state index in [1.54, 1.807) is 14.0 Å². The third-order valence-corrected chi connectivity index (χ3v) is 3.33. The van der Waals surface area contributed by atoms with Gasteiger partial charge in [-0.15, -0.1) is 0 Å². The van der Waals surface area contributed by atoms with Gasteiger partial charge in [-0.05, 0) is 29.5 Å². The van der Waals surface area contributed by atoms with E-state index in [-0.39, 0.29) is 6.04 Å². The number of carboxylic acid groups (broad SMARTS) is 1. The van der Waals surface area contributed by atoms with E-state index in [1.807, 2.05) is 18.2 Å². The van der Waals surface area contributed by atoms with Crippen molar-refractivity contribution in [1.82, 2.24) is 0 Å². The van der Waals surface area contributed by atoms with Crippen LogP contribution >= 0.6 is 0 Å². The Bertz CT molecular complexity index is 443. The molecule has 0 saturated carbocycles. The minimum Gasteiger partial charge on any atom is -0.496 e. The predicted octanol–water partition coefficient (Wildman–Crippen LogP) is 2.93. The fourth-order valence-electron chi connectivity index (χ4n) is 2.05. The number of aliphatic carboxylic acids is 1. The van der Waals surface area contributed by atoms with E-state index < -0.39 is 11.9 Å². The first-order chi connectivity index (χ1) is 8.86. The summed E-state index contributed by atoms with van der Waals surface area (Å²) in [5.41, 5.74) is 8.14. The maximum absolute atomic E-state index is 10.9. The molecule has 2 atom stereocenters. The minimum absolute atomic E-state index is 0.269. The molecule has 0 saturated heterocycles. The van der Waals surface area contributed by atoms with Crippen molar-refractivity contribution in [2.45, 2.75) is 39.2 Å². The van der Waals surface area contributed by atoms with Crippen LogP contribution in [0.2, 0.25) is 0 Å². The van der Waals surface area contributed by atoms with Gasteiger partial charge in [0.05, 0.1) is 13.0 Å². The quantitative estimate of drug-likeness (QED) is 0.829. The second-order valence-corrected chi connectivity index (χ2v) is 5.24. The molecule has 1 rings (SSSR count). The number of methoxy groups -OCH3 is 1. The van der Waals surface area contributed by atoms with Gasteiger partial charge in [-0.25, -0.2) is 0 Å². The summed E-state index contributed by atoms with van der Waals surface area (Å²) in [6, 6.07) is 5.55. The van der Waals surface area contributed by atoms with Gasteiger partial charge in [-0.2, -0.15) is 0 Å².